The molecule has 6 nitrogen and oxygen atoms in total. The third kappa shape index (κ3) is 4.55. The normalized spacial score (nSPS) is 10.7. The van der Waals surface area contributed by atoms with Crippen molar-refractivity contribution in [2.75, 3.05) is 20.3 Å². The molecule has 0 heterocycles. The van der Waals surface area contributed by atoms with E-state index in [4.69, 9.17) is 19.8 Å². The van der Waals surface area contributed by atoms with E-state index in [0.29, 0.717) is 5.56 Å². The topological polar surface area (TPSA) is 96.6 Å². The number of carbonyl (C=O) groups excluding carboxylic acids is 1. The SMILES string of the molecule is COCCOC(=O)C(C#N)=Cc1cccc(C(=O)O)c1. The first-order chi connectivity index (χ1) is 9.58. The minimum absolute atomic E-state index is 0.0452. The second-order valence-electron chi connectivity index (χ2n) is 3.73. The van der Waals surface area contributed by atoms with Gasteiger partial charge in [-0.1, -0.05) is 12.1 Å². The van der Waals surface area contributed by atoms with Gasteiger partial charge in [-0.25, -0.2) is 9.59 Å². The number of hydrogen-bond acceptors (Lipinski definition) is 5. The van der Waals surface area contributed by atoms with Gasteiger partial charge >= 0.3 is 11.9 Å². The summed E-state index contributed by atoms with van der Waals surface area (Å²) in [6.45, 7) is 0.280. The number of benzene rings is 1. The van der Waals surface area contributed by atoms with Crippen LogP contribution < -0.4 is 0 Å². The van der Waals surface area contributed by atoms with Crippen LogP contribution in [0.4, 0.5) is 0 Å². The molecular formula is C14H13NO5. The summed E-state index contributed by atoms with van der Waals surface area (Å²) in [6, 6.07) is 7.62. The number of hydrogen-bond donors (Lipinski definition) is 1. The zero-order valence-corrected chi connectivity index (χ0v) is 10.8. The predicted molar refractivity (Wildman–Crippen MR) is 69.8 cm³/mol. The Bertz CT molecular complexity index is 571. The molecule has 0 aromatic heterocycles. The van der Waals surface area contributed by atoms with Crippen LogP contribution in [0.25, 0.3) is 6.08 Å². The Labute approximate surface area is 115 Å². The fraction of sp³-hybridized carbons (Fsp3) is 0.214. The van der Waals surface area contributed by atoms with Crippen molar-refractivity contribution in [3.63, 3.8) is 0 Å². The van der Waals surface area contributed by atoms with Crippen molar-refractivity contribution < 1.29 is 24.2 Å². The van der Waals surface area contributed by atoms with Gasteiger partial charge < -0.3 is 14.6 Å². The highest BCUT2D eigenvalue weighted by Gasteiger charge is 2.11. The maximum absolute atomic E-state index is 11.6. The van der Waals surface area contributed by atoms with E-state index >= 15 is 0 Å². The Morgan fingerprint density at radius 1 is 1.40 bits per heavy atom. The highest BCUT2D eigenvalue weighted by Crippen LogP contribution is 2.11. The van der Waals surface area contributed by atoms with E-state index in [0.717, 1.165) is 0 Å². The molecule has 0 fully saturated rings. The standard InChI is InChI=1S/C14H13NO5/c1-19-5-6-20-14(18)12(9-15)8-10-3-2-4-11(7-10)13(16)17/h2-4,7-8H,5-6H2,1H3,(H,16,17). The van der Waals surface area contributed by atoms with Crippen molar-refractivity contribution >= 4 is 18.0 Å². The summed E-state index contributed by atoms with van der Waals surface area (Å²) in [7, 11) is 1.46. The molecule has 104 valence electrons. The molecule has 0 saturated heterocycles. The van der Waals surface area contributed by atoms with Crippen LogP contribution in [-0.2, 0) is 14.3 Å². The van der Waals surface area contributed by atoms with Gasteiger partial charge in [0.25, 0.3) is 0 Å². The maximum atomic E-state index is 11.6. The van der Waals surface area contributed by atoms with Crippen molar-refractivity contribution in [1.29, 1.82) is 5.26 Å². The molecule has 1 rings (SSSR count). The molecule has 1 aromatic rings. The lowest BCUT2D eigenvalue weighted by molar-refractivity contribution is -0.139. The Balaban J connectivity index is 2.89. The third-order valence-corrected chi connectivity index (χ3v) is 2.31. The van der Waals surface area contributed by atoms with Crippen LogP contribution in [0.2, 0.25) is 0 Å². The van der Waals surface area contributed by atoms with E-state index in [-0.39, 0.29) is 24.4 Å². The lowest BCUT2D eigenvalue weighted by atomic mass is 10.1. The molecule has 1 N–H and O–H groups in total. The summed E-state index contributed by atoms with van der Waals surface area (Å²) in [5.74, 6) is -1.85. The molecular weight excluding hydrogens is 262 g/mol. The highest BCUT2D eigenvalue weighted by atomic mass is 16.6. The summed E-state index contributed by atoms with van der Waals surface area (Å²) in [6.07, 6.45) is 1.28. The lowest BCUT2D eigenvalue weighted by Gasteiger charge is -2.03. The van der Waals surface area contributed by atoms with Gasteiger partial charge in [-0.15, -0.1) is 0 Å². The number of carboxylic acid groups (broad SMARTS) is 1. The second kappa shape index (κ2) is 7.71. The van der Waals surface area contributed by atoms with E-state index in [2.05, 4.69) is 0 Å². The van der Waals surface area contributed by atoms with Crippen LogP contribution in [0.15, 0.2) is 29.8 Å². The van der Waals surface area contributed by atoms with Gasteiger partial charge in [0, 0.05) is 7.11 Å². The largest absolute Gasteiger partial charge is 0.478 e. The van der Waals surface area contributed by atoms with Crippen molar-refractivity contribution in [1.82, 2.24) is 0 Å². The summed E-state index contributed by atoms with van der Waals surface area (Å²) >= 11 is 0. The summed E-state index contributed by atoms with van der Waals surface area (Å²) < 4.78 is 9.54. The fourth-order valence-electron chi connectivity index (χ4n) is 1.36. The maximum Gasteiger partial charge on any atom is 0.348 e. The van der Waals surface area contributed by atoms with E-state index in [9.17, 15) is 9.59 Å². The number of nitriles is 1. The Kier molecular flexibility index (Phi) is 5.94. The van der Waals surface area contributed by atoms with Gasteiger partial charge in [0.1, 0.15) is 18.2 Å². The first kappa shape index (κ1) is 15.4. The highest BCUT2D eigenvalue weighted by molar-refractivity contribution is 5.98. The predicted octanol–water partition coefficient (Wildman–Crippen LogP) is 1.48. The van der Waals surface area contributed by atoms with E-state index in [1.54, 1.807) is 12.1 Å². The quantitative estimate of drug-likeness (QED) is 0.365. The molecule has 0 aliphatic heterocycles. The number of carbonyl (C=O) groups is 2. The zero-order chi connectivity index (χ0) is 15.0. The number of aromatic carboxylic acids is 1. The Morgan fingerprint density at radius 3 is 2.75 bits per heavy atom. The van der Waals surface area contributed by atoms with E-state index < -0.39 is 11.9 Å². The van der Waals surface area contributed by atoms with Gasteiger partial charge in [-0.05, 0) is 23.8 Å². The fourth-order valence-corrected chi connectivity index (χ4v) is 1.36. The van der Waals surface area contributed by atoms with Crippen molar-refractivity contribution in [2.24, 2.45) is 0 Å². The van der Waals surface area contributed by atoms with E-state index in [1.807, 2.05) is 0 Å². The average Bonchev–Trinajstić information content (AvgIpc) is 2.45. The Morgan fingerprint density at radius 2 is 2.15 bits per heavy atom. The molecule has 0 aliphatic carbocycles. The smallest absolute Gasteiger partial charge is 0.348 e. The Hall–Kier alpha value is -2.65. The monoisotopic (exact) mass is 275 g/mol. The first-order valence-corrected chi connectivity index (χ1v) is 5.69. The van der Waals surface area contributed by atoms with Gasteiger partial charge in [0.2, 0.25) is 0 Å². The molecule has 20 heavy (non-hydrogen) atoms. The van der Waals surface area contributed by atoms with Gasteiger partial charge in [0.05, 0.1) is 12.2 Å². The minimum Gasteiger partial charge on any atom is -0.478 e. The van der Waals surface area contributed by atoms with Gasteiger partial charge in [-0.3, -0.25) is 0 Å². The van der Waals surface area contributed by atoms with Crippen LogP contribution in [0.5, 0.6) is 0 Å². The molecule has 6 heteroatoms. The summed E-state index contributed by atoms with van der Waals surface area (Å²) in [5, 5.41) is 17.8. The molecule has 0 spiro atoms. The van der Waals surface area contributed by atoms with Crippen LogP contribution in [0.1, 0.15) is 15.9 Å². The lowest BCUT2D eigenvalue weighted by Crippen LogP contribution is -2.11. The molecule has 1 aromatic carbocycles. The molecule has 0 unspecified atom stereocenters. The number of methoxy groups -OCH3 is 1. The minimum atomic E-state index is -1.08. The van der Waals surface area contributed by atoms with Crippen molar-refractivity contribution in [3.8, 4) is 6.07 Å². The summed E-state index contributed by atoms with van der Waals surface area (Å²) in [4.78, 5) is 22.4. The van der Waals surface area contributed by atoms with Crippen molar-refractivity contribution in [2.45, 2.75) is 0 Å². The van der Waals surface area contributed by atoms with Crippen molar-refractivity contribution in [3.05, 3.63) is 41.0 Å². The van der Waals surface area contributed by atoms with Gasteiger partial charge in [-0.2, -0.15) is 5.26 Å². The van der Waals surface area contributed by atoms with Crippen LogP contribution in [0, 0.1) is 11.3 Å². The van der Waals surface area contributed by atoms with Crippen LogP contribution in [-0.4, -0.2) is 37.4 Å². The molecule has 0 aliphatic rings. The van der Waals surface area contributed by atoms with Gasteiger partial charge in [0.15, 0.2) is 0 Å². The number of ether oxygens (including phenoxy) is 2. The molecule has 0 saturated carbocycles. The third-order valence-electron chi connectivity index (χ3n) is 2.31. The number of nitrogens with zero attached hydrogens (tertiary/aromatic N) is 1. The molecule has 0 amide bonds. The average molecular weight is 275 g/mol. The second-order valence-corrected chi connectivity index (χ2v) is 3.73. The number of rotatable bonds is 6. The van der Waals surface area contributed by atoms with E-state index in [1.165, 1.54) is 31.4 Å². The van der Waals surface area contributed by atoms with Crippen LogP contribution in [0.3, 0.4) is 0 Å². The first-order valence-electron chi connectivity index (χ1n) is 5.69. The van der Waals surface area contributed by atoms with Crippen LogP contribution >= 0.6 is 0 Å². The number of esters is 1. The molecule has 0 bridgehead atoms. The molecule has 0 radical (unpaired) electrons. The number of carboxylic acids is 1. The molecule has 0 atom stereocenters. The zero-order valence-electron chi connectivity index (χ0n) is 10.8. The summed E-state index contributed by atoms with van der Waals surface area (Å²) in [5.41, 5.74) is 0.303.